The molecule has 0 bridgehead atoms. The molecular formula is C18H24N2O4. The number of carbonyl (C=O) groups is 2. The third-order valence-electron chi connectivity index (χ3n) is 4.55. The van der Waals surface area contributed by atoms with Crippen LogP contribution in [0, 0.1) is 0 Å². The fourth-order valence-corrected chi connectivity index (χ4v) is 3.09. The molecule has 6 nitrogen and oxygen atoms in total. The number of hydrogen-bond donors (Lipinski definition) is 0. The Hall–Kier alpha value is -2.08. The summed E-state index contributed by atoms with van der Waals surface area (Å²) in [6.07, 6.45) is 2.27. The maximum absolute atomic E-state index is 12.6. The number of piperazine rings is 1. The van der Waals surface area contributed by atoms with Gasteiger partial charge in [-0.15, -0.1) is 0 Å². The highest BCUT2D eigenvalue weighted by Crippen LogP contribution is 2.18. The number of benzene rings is 1. The second-order valence-corrected chi connectivity index (χ2v) is 6.27. The van der Waals surface area contributed by atoms with Gasteiger partial charge in [0.2, 0.25) is 5.91 Å². The normalized spacial score (nSPS) is 21.0. The summed E-state index contributed by atoms with van der Waals surface area (Å²) in [6.45, 7) is 5.21. The Balaban J connectivity index is 1.56. The lowest BCUT2D eigenvalue weighted by atomic mass is 10.1. The van der Waals surface area contributed by atoms with E-state index in [0.717, 1.165) is 19.4 Å². The van der Waals surface area contributed by atoms with Crippen molar-refractivity contribution in [1.82, 2.24) is 9.80 Å². The highest BCUT2D eigenvalue weighted by molar-refractivity contribution is 5.94. The molecule has 0 aliphatic carbocycles. The zero-order chi connectivity index (χ0) is 16.9. The van der Waals surface area contributed by atoms with E-state index >= 15 is 0 Å². The van der Waals surface area contributed by atoms with E-state index in [4.69, 9.17) is 9.47 Å². The standard InChI is InChI=1S/C18H24N2O4/c1-14(21)19-7-9-20(10-8-19)18(22)15-4-2-5-16(12-15)24-13-17-6-3-11-23-17/h2,4-5,12,17H,3,6-11,13H2,1H3. The van der Waals surface area contributed by atoms with E-state index in [0.29, 0.717) is 44.1 Å². The molecule has 1 unspecified atom stereocenters. The van der Waals surface area contributed by atoms with Crippen LogP contribution >= 0.6 is 0 Å². The molecule has 2 aliphatic rings. The van der Waals surface area contributed by atoms with Crippen molar-refractivity contribution in [2.75, 3.05) is 39.4 Å². The summed E-state index contributed by atoms with van der Waals surface area (Å²) in [6, 6.07) is 7.29. The van der Waals surface area contributed by atoms with Gasteiger partial charge in [-0.1, -0.05) is 6.07 Å². The highest BCUT2D eigenvalue weighted by Gasteiger charge is 2.23. The number of hydrogen-bond acceptors (Lipinski definition) is 4. The summed E-state index contributed by atoms with van der Waals surface area (Å²) in [5, 5.41) is 0. The van der Waals surface area contributed by atoms with Crippen LogP contribution in [0.25, 0.3) is 0 Å². The second kappa shape index (κ2) is 7.66. The quantitative estimate of drug-likeness (QED) is 0.839. The second-order valence-electron chi connectivity index (χ2n) is 6.27. The van der Waals surface area contributed by atoms with E-state index in [2.05, 4.69) is 0 Å². The van der Waals surface area contributed by atoms with Gasteiger partial charge in [0.15, 0.2) is 0 Å². The lowest BCUT2D eigenvalue weighted by Crippen LogP contribution is -2.50. The number of rotatable bonds is 4. The zero-order valence-electron chi connectivity index (χ0n) is 14.1. The predicted molar refractivity (Wildman–Crippen MR) is 89.1 cm³/mol. The Bertz CT molecular complexity index is 590. The van der Waals surface area contributed by atoms with Crippen LogP contribution < -0.4 is 4.74 Å². The van der Waals surface area contributed by atoms with E-state index in [-0.39, 0.29) is 17.9 Å². The Kier molecular flexibility index (Phi) is 5.35. The van der Waals surface area contributed by atoms with Crippen molar-refractivity contribution < 1.29 is 19.1 Å². The highest BCUT2D eigenvalue weighted by atomic mass is 16.5. The molecule has 3 rings (SSSR count). The molecular weight excluding hydrogens is 308 g/mol. The number of carbonyl (C=O) groups excluding carboxylic acids is 2. The van der Waals surface area contributed by atoms with Gasteiger partial charge in [0.05, 0.1) is 6.10 Å². The first-order valence-electron chi connectivity index (χ1n) is 8.53. The largest absolute Gasteiger partial charge is 0.491 e. The third kappa shape index (κ3) is 4.06. The fraction of sp³-hybridized carbons (Fsp3) is 0.556. The number of nitrogens with zero attached hydrogens (tertiary/aromatic N) is 2. The van der Waals surface area contributed by atoms with Gasteiger partial charge in [0, 0.05) is 45.3 Å². The first-order chi connectivity index (χ1) is 11.6. The van der Waals surface area contributed by atoms with Crippen LogP contribution in [0.1, 0.15) is 30.1 Å². The van der Waals surface area contributed by atoms with Crippen molar-refractivity contribution >= 4 is 11.8 Å². The van der Waals surface area contributed by atoms with Crippen molar-refractivity contribution in [3.05, 3.63) is 29.8 Å². The van der Waals surface area contributed by atoms with E-state index in [9.17, 15) is 9.59 Å². The van der Waals surface area contributed by atoms with Crippen LogP contribution in [0.3, 0.4) is 0 Å². The van der Waals surface area contributed by atoms with Crippen LogP contribution in [0.5, 0.6) is 5.75 Å². The summed E-state index contributed by atoms with van der Waals surface area (Å²) >= 11 is 0. The van der Waals surface area contributed by atoms with Crippen LogP contribution in [0.15, 0.2) is 24.3 Å². The van der Waals surface area contributed by atoms with Gasteiger partial charge in [-0.25, -0.2) is 0 Å². The monoisotopic (exact) mass is 332 g/mol. The Labute approximate surface area is 142 Å². The van der Waals surface area contributed by atoms with E-state index in [1.807, 2.05) is 12.1 Å². The zero-order valence-corrected chi connectivity index (χ0v) is 14.1. The lowest BCUT2D eigenvalue weighted by Gasteiger charge is -2.34. The minimum Gasteiger partial charge on any atom is -0.491 e. The molecule has 1 aromatic rings. The maximum Gasteiger partial charge on any atom is 0.254 e. The maximum atomic E-state index is 12.6. The summed E-state index contributed by atoms with van der Waals surface area (Å²) in [4.78, 5) is 27.6. The molecule has 6 heteroatoms. The van der Waals surface area contributed by atoms with Crippen LogP contribution in [0.4, 0.5) is 0 Å². The van der Waals surface area contributed by atoms with Gasteiger partial charge in [-0.05, 0) is 31.0 Å². The van der Waals surface area contributed by atoms with Crippen molar-refractivity contribution in [1.29, 1.82) is 0 Å². The van der Waals surface area contributed by atoms with Crippen LogP contribution in [-0.4, -0.2) is 67.1 Å². The fourth-order valence-electron chi connectivity index (χ4n) is 3.09. The van der Waals surface area contributed by atoms with Crippen LogP contribution in [0.2, 0.25) is 0 Å². The topological polar surface area (TPSA) is 59.1 Å². The smallest absolute Gasteiger partial charge is 0.254 e. The molecule has 2 saturated heterocycles. The van der Waals surface area contributed by atoms with Gasteiger partial charge in [0.1, 0.15) is 12.4 Å². The summed E-state index contributed by atoms with van der Waals surface area (Å²) in [7, 11) is 0. The summed E-state index contributed by atoms with van der Waals surface area (Å²) in [5.74, 6) is 0.742. The third-order valence-corrected chi connectivity index (χ3v) is 4.55. The molecule has 0 aromatic heterocycles. The molecule has 0 radical (unpaired) electrons. The number of amides is 2. The molecule has 0 N–H and O–H groups in total. The summed E-state index contributed by atoms with van der Waals surface area (Å²) < 4.78 is 11.3. The van der Waals surface area contributed by atoms with Gasteiger partial charge >= 0.3 is 0 Å². The van der Waals surface area contributed by atoms with E-state index in [1.54, 1.807) is 28.9 Å². The molecule has 1 aromatic carbocycles. The molecule has 24 heavy (non-hydrogen) atoms. The van der Waals surface area contributed by atoms with Crippen LogP contribution in [-0.2, 0) is 9.53 Å². The van der Waals surface area contributed by atoms with Crippen molar-refractivity contribution in [3.8, 4) is 5.75 Å². The lowest BCUT2D eigenvalue weighted by molar-refractivity contribution is -0.130. The minimum atomic E-state index is -0.0132. The average molecular weight is 332 g/mol. The first-order valence-corrected chi connectivity index (χ1v) is 8.53. The van der Waals surface area contributed by atoms with E-state index < -0.39 is 0 Å². The molecule has 0 spiro atoms. The first kappa shape index (κ1) is 16.8. The summed E-state index contributed by atoms with van der Waals surface area (Å²) in [5.41, 5.74) is 0.621. The van der Waals surface area contributed by atoms with Gasteiger partial charge in [-0.2, -0.15) is 0 Å². The van der Waals surface area contributed by atoms with Crippen molar-refractivity contribution in [3.63, 3.8) is 0 Å². The predicted octanol–water partition coefficient (Wildman–Crippen LogP) is 1.55. The molecule has 0 saturated carbocycles. The Morgan fingerprint density at radius 3 is 2.62 bits per heavy atom. The van der Waals surface area contributed by atoms with Crippen molar-refractivity contribution in [2.45, 2.75) is 25.9 Å². The molecule has 2 aliphatic heterocycles. The van der Waals surface area contributed by atoms with E-state index in [1.165, 1.54) is 0 Å². The Morgan fingerprint density at radius 1 is 1.21 bits per heavy atom. The van der Waals surface area contributed by atoms with Crippen molar-refractivity contribution in [2.24, 2.45) is 0 Å². The molecule has 2 amide bonds. The van der Waals surface area contributed by atoms with Gasteiger partial charge in [0.25, 0.3) is 5.91 Å². The molecule has 2 heterocycles. The number of ether oxygens (including phenoxy) is 2. The molecule has 1 atom stereocenters. The average Bonchev–Trinajstić information content (AvgIpc) is 3.13. The molecule has 2 fully saturated rings. The Morgan fingerprint density at radius 2 is 1.96 bits per heavy atom. The molecule has 130 valence electrons. The minimum absolute atomic E-state index is 0.0132. The van der Waals surface area contributed by atoms with Gasteiger partial charge < -0.3 is 19.3 Å². The van der Waals surface area contributed by atoms with Gasteiger partial charge in [-0.3, -0.25) is 9.59 Å². The SMILES string of the molecule is CC(=O)N1CCN(C(=O)c2cccc(OCC3CCCO3)c2)CC1.